The van der Waals surface area contributed by atoms with Crippen molar-refractivity contribution in [3.05, 3.63) is 22.7 Å². The number of anilines is 1. The molecule has 0 atom stereocenters. The van der Waals surface area contributed by atoms with Crippen LogP contribution in [-0.2, 0) is 0 Å². The van der Waals surface area contributed by atoms with E-state index in [4.69, 9.17) is 10.6 Å². The number of aliphatic imine (C=N–C) groups is 1. The second-order valence-corrected chi connectivity index (χ2v) is 5.80. The number of guanidine groups is 1. The Morgan fingerprint density at radius 3 is 2.75 bits per heavy atom. The molecule has 0 unspecified atom stereocenters. The number of ether oxygens (including phenoxy) is 1. The summed E-state index contributed by atoms with van der Waals surface area (Å²) in [5.74, 6) is 6.90. The lowest BCUT2D eigenvalue weighted by Gasteiger charge is -2.20. The summed E-state index contributed by atoms with van der Waals surface area (Å²) in [5.41, 5.74) is 3.46. The van der Waals surface area contributed by atoms with Gasteiger partial charge in [-0.3, -0.25) is 5.43 Å². The highest BCUT2D eigenvalue weighted by Crippen LogP contribution is 2.28. The molecule has 0 aromatic heterocycles. The monoisotopic (exact) mass is 340 g/mol. The van der Waals surface area contributed by atoms with Gasteiger partial charge in [-0.1, -0.05) is 35.2 Å². The van der Waals surface area contributed by atoms with Crippen LogP contribution < -0.4 is 21.3 Å². The van der Waals surface area contributed by atoms with Crippen LogP contribution in [0.2, 0.25) is 0 Å². The summed E-state index contributed by atoms with van der Waals surface area (Å²) >= 11 is 3.45. The minimum atomic E-state index is 0.348. The van der Waals surface area contributed by atoms with E-state index in [1.54, 1.807) is 7.11 Å². The van der Waals surface area contributed by atoms with Gasteiger partial charge in [0.25, 0.3) is 0 Å². The number of halogens is 1. The molecule has 1 aromatic carbocycles. The zero-order chi connectivity index (χ0) is 14.4. The molecule has 20 heavy (non-hydrogen) atoms. The number of hydrogen-bond acceptors (Lipinski definition) is 3. The summed E-state index contributed by atoms with van der Waals surface area (Å²) < 4.78 is 6.30. The second kappa shape index (κ2) is 7.50. The third-order valence-electron chi connectivity index (χ3n) is 3.44. The van der Waals surface area contributed by atoms with Gasteiger partial charge >= 0.3 is 0 Å². The molecule has 0 bridgehead atoms. The normalized spacial score (nSPS) is 16.9. The highest BCUT2D eigenvalue weighted by atomic mass is 79.9. The van der Waals surface area contributed by atoms with Gasteiger partial charge in [0, 0.05) is 4.47 Å². The first-order valence-corrected chi connectivity index (χ1v) is 7.67. The van der Waals surface area contributed by atoms with Crippen molar-refractivity contribution >= 4 is 27.6 Å². The highest BCUT2D eigenvalue weighted by molar-refractivity contribution is 9.10. The maximum absolute atomic E-state index is 5.57. The van der Waals surface area contributed by atoms with Gasteiger partial charge in [0.1, 0.15) is 5.75 Å². The van der Waals surface area contributed by atoms with E-state index in [0.717, 1.165) is 28.8 Å². The molecule has 1 aromatic rings. The van der Waals surface area contributed by atoms with Crippen LogP contribution in [-0.4, -0.2) is 19.1 Å². The van der Waals surface area contributed by atoms with Crippen LogP contribution in [0.25, 0.3) is 0 Å². The quantitative estimate of drug-likeness (QED) is 0.342. The minimum Gasteiger partial charge on any atom is -0.495 e. The summed E-state index contributed by atoms with van der Waals surface area (Å²) in [7, 11) is 1.64. The van der Waals surface area contributed by atoms with Crippen molar-refractivity contribution in [3.8, 4) is 5.75 Å². The van der Waals surface area contributed by atoms with Gasteiger partial charge in [0.2, 0.25) is 5.96 Å². The molecule has 4 N–H and O–H groups in total. The zero-order valence-corrected chi connectivity index (χ0v) is 13.2. The van der Waals surface area contributed by atoms with Crippen molar-refractivity contribution in [1.82, 2.24) is 5.43 Å². The van der Waals surface area contributed by atoms with E-state index in [1.807, 2.05) is 18.2 Å². The molecule has 0 radical (unpaired) electrons. The van der Waals surface area contributed by atoms with Crippen molar-refractivity contribution in [2.75, 3.05) is 12.4 Å². The highest BCUT2D eigenvalue weighted by Gasteiger charge is 2.14. The lowest BCUT2D eigenvalue weighted by atomic mass is 9.96. The first-order chi connectivity index (χ1) is 9.72. The van der Waals surface area contributed by atoms with E-state index in [0.29, 0.717) is 12.0 Å². The SMILES string of the molecule is COc1ccc(Br)cc1NC(=NC1CCCCC1)NN. The molecule has 0 aliphatic heterocycles. The van der Waals surface area contributed by atoms with E-state index in [-0.39, 0.29) is 0 Å². The van der Waals surface area contributed by atoms with Crippen LogP contribution in [0.5, 0.6) is 5.75 Å². The predicted octanol–water partition coefficient (Wildman–Crippen LogP) is 3.02. The Morgan fingerprint density at radius 2 is 2.10 bits per heavy atom. The summed E-state index contributed by atoms with van der Waals surface area (Å²) in [6, 6.07) is 6.10. The fourth-order valence-corrected chi connectivity index (χ4v) is 2.76. The predicted molar refractivity (Wildman–Crippen MR) is 85.9 cm³/mol. The lowest BCUT2D eigenvalue weighted by molar-refractivity contribution is 0.416. The van der Waals surface area contributed by atoms with Crippen LogP contribution >= 0.6 is 15.9 Å². The average Bonchev–Trinajstić information content (AvgIpc) is 2.48. The third kappa shape index (κ3) is 4.11. The number of methoxy groups -OCH3 is 1. The summed E-state index contributed by atoms with van der Waals surface area (Å²) in [4.78, 5) is 4.65. The first-order valence-electron chi connectivity index (χ1n) is 6.88. The molecule has 5 nitrogen and oxygen atoms in total. The Balaban J connectivity index is 2.12. The molecule has 0 saturated heterocycles. The van der Waals surface area contributed by atoms with E-state index in [2.05, 4.69) is 31.7 Å². The summed E-state index contributed by atoms with van der Waals surface area (Å²) in [5, 5.41) is 3.20. The maximum atomic E-state index is 5.57. The van der Waals surface area contributed by atoms with E-state index < -0.39 is 0 Å². The van der Waals surface area contributed by atoms with Crippen LogP contribution in [0.15, 0.2) is 27.7 Å². The number of nitrogens with zero attached hydrogens (tertiary/aromatic N) is 1. The van der Waals surface area contributed by atoms with Gasteiger partial charge < -0.3 is 10.1 Å². The van der Waals surface area contributed by atoms with E-state index in [1.165, 1.54) is 19.3 Å². The van der Waals surface area contributed by atoms with Crippen molar-refractivity contribution in [2.45, 2.75) is 38.1 Å². The van der Waals surface area contributed by atoms with Crippen LogP contribution in [0.3, 0.4) is 0 Å². The largest absolute Gasteiger partial charge is 0.495 e. The zero-order valence-electron chi connectivity index (χ0n) is 11.7. The third-order valence-corrected chi connectivity index (χ3v) is 3.93. The molecule has 1 fully saturated rings. The summed E-state index contributed by atoms with van der Waals surface area (Å²) in [6.07, 6.45) is 6.05. The minimum absolute atomic E-state index is 0.348. The van der Waals surface area contributed by atoms with Gasteiger partial charge in [-0.05, 0) is 31.0 Å². The Kier molecular flexibility index (Phi) is 5.67. The first kappa shape index (κ1) is 15.1. The van der Waals surface area contributed by atoms with E-state index in [9.17, 15) is 0 Å². The Hall–Kier alpha value is -1.27. The number of hydrogen-bond donors (Lipinski definition) is 3. The standard InChI is InChI=1S/C14H21BrN4O/c1-20-13-8-7-10(15)9-12(13)18-14(19-16)17-11-5-3-2-4-6-11/h7-9,11H,2-6,16H2,1H3,(H2,17,18,19). The molecule has 110 valence electrons. The van der Waals surface area contributed by atoms with Crippen LogP contribution in [0.4, 0.5) is 5.69 Å². The van der Waals surface area contributed by atoms with Crippen molar-refractivity contribution < 1.29 is 4.74 Å². The van der Waals surface area contributed by atoms with Gasteiger partial charge in [-0.2, -0.15) is 0 Å². The Labute approximate surface area is 128 Å². The fourth-order valence-electron chi connectivity index (χ4n) is 2.40. The molecule has 6 heteroatoms. The molecular formula is C14H21BrN4O. The lowest BCUT2D eigenvalue weighted by Crippen LogP contribution is -2.37. The van der Waals surface area contributed by atoms with Gasteiger partial charge in [-0.15, -0.1) is 0 Å². The smallest absolute Gasteiger partial charge is 0.210 e. The van der Waals surface area contributed by atoms with Crippen LogP contribution in [0.1, 0.15) is 32.1 Å². The average molecular weight is 341 g/mol. The fraction of sp³-hybridized carbons (Fsp3) is 0.500. The Morgan fingerprint density at radius 1 is 1.35 bits per heavy atom. The van der Waals surface area contributed by atoms with Crippen molar-refractivity contribution in [2.24, 2.45) is 10.8 Å². The van der Waals surface area contributed by atoms with Crippen LogP contribution in [0, 0.1) is 0 Å². The molecule has 2 rings (SSSR count). The van der Waals surface area contributed by atoms with Gasteiger partial charge in [0.15, 0.2) is 0 Å². The van der Waals surface area contributed by atoms with Crippen molar-refractivity contribution in [1.29, 1.82) is 0 Å². The number of nitrogens with one attached hydrogen (secondary N) is 2. The number of hydrazine groups is 1. The number of benzene rings is 1. The van der Waals surface area contributed by atoms with Gasteiger partial charge in [0.05, 0.1) is 18.8 Å². The number of rotatable bonds is 3. The molecule has 0 heterocycles. The molecule has 1 aliphatic carbocycles. The second-order valence-electron chi connectivity index (χ2n) is 4.88. The summed E-state index contributed by atoms with van der Waals surface area (Å²) in [6.45, 7) is 0. The Bertz CT molecular complexity index is 472. The number of nitrogens with two attached hydrogens (primary N) is 1. The maximum Gasteiger partial charge on any atom is 0.210 e. The molecule has 0 amide bonds. The molecule has 0 spiro atoms. The molecule has 1 saturated carbocycles. The van der Waals surface area contributed by atoms with Crippen molar-refractivity contribution in [3.63, 3.8) is 0 Å². The topological polar surface area (TPSA) is 71.7 Å². The van der Waals surface area contributed by atoms with Gasteiger partial charge in [-0.25, -0.2) is 10.8 Å². The molecule has 1 aliphatic rings. The molecular weight excluding hydrogens is 320 g/mol. The van der Waals surface area contributed by atoms with E-state index >= 15 is 0 Å².